The van der Waals surface area contributed by atoms with Crippen molar-refractivity contribution in [1.29, 1.82) is 0 Å². The number of hydrogen-bond donors (Lipinski definition) is 3. The van der Waals surface area contributed by atoms with E-state index in [9.17, 15) is 15.0 Å². The molecule has 1 saturated carbocycles. The highest BCUT2D eigenvalue weighted by molar-refractivity contribution is 5.97. The summed E-state index contributed by atoms with van der Waals surface area (Å²) < 4.78 is 0. The van der Waals surface area contributed by atoms with Crippen LogP contribution in [-0.2, 0) is 6.42 Å². The van der Waals surface area contributed by atoms with E-state index < -0.39 is 0 Å². The van der Waals surface area contributed by atoms with Crippen LogP contribution in [0.25, 0.3) is 0 Å². The molecule has 0 radical (unpaired) electrons. The molecule has 1 aliphatic heterocycles. The second-order valence-electron chi connectivity index (χ2n) is 7.37. The minimum Gasteiger partial charge on any atom is -0.507 e. The summed E-state index contributed by atoms with van der Waals surface area (Å²) in [6.45, 7) is 3.79. The van der Waals surface area contributed by atoms with Gasteiger partial charge in [-0.15, -0.1) is 0 Å². The van der Waals surface area contributed by atoms with Crippen molar-refractivity contribution in [3.8, 4) is 5.75 Å². The van der Waals surface area contributed by atoms with Crippen molar-refractivity contribution >= 4 is 5.91 Å². The van der Waals surface area contributed by atoms with Crippen molar-refractivity contribution in [3.63, 3.8) is 0 Å². The molecule has 1 aliphatic carbocycles. The van der Waals surface area contributed by atoms with E-state index in [1.165, 1.54) is 6.42 Å². The first-order chi connectivity index (χ1) is 12.1. The summed E-state index contributed by atoms with van der Waals surface area (Å²) in [4.78, 5) is 14.9. The average molecular weight is 346 g/mol. The van der Waals surface area contributed by atoms with Crippen molar-refractivity contribution in [2.75, 3.05) is 13.1 Å². The molecule has 3 N–H and O–H groups in total. The van der Waals surface area contributed by atoms with Crippen LogP contribution in [0.1, 0.15) is 61.4 Å². The molecule has 2 aliphatic rings. The molecule has 1 aromatic rings. The molecule has 0 bridgehead atoms. The second-order valence-corrected chi connectivity index (χ2v) is 7.37. The molecule has 1 aromatic carbocycles. The maximum absolute atomic E-state index is 12.5. The lowest BCUT2D eigenvalue weighted by Gasteiger charge is -2.41. The second kappa shape index (κ2) is 8.19. The lowest BCUT2D eigenvalue weighted by atomic mass is 9.89. The number of aromatic hydroxyl groups is 1. The Morgan fingerprint density at radius 2 is 1.92 bits per heavy atom. The Morgan fingerprint density at radius 1 is 1.20 bits per heavy atom. The van der Waals surface area contributed by atoms with E-state index in [4.69, 9.17) is 0 Å². The third kappa shape index (κ3) is 4.15. The van der Waals surface area contributed by atoms with E-state index in [2.05, 4.69) is 10.2 Å². The molecule has 1 heterocycles. The van der Waals surface area contributed by atoms with Crippen LogP contribution in [0.5, 0.6) is 5.75 Å². The molecule has 5 heteroatoms. The van der Waals surface area contributed by atoms with Crippen molar-refractivity contribution in [1.82, 2.24) is 10.2 Å². The van der Waals surface area contributed by atoms with Gasteiger partial charge < -0.3 is 15.5 Å². The molecule has 1 saturated heterocycles. The standard InChI is InChI=1S/C20H30N2O3/c1-2-14-6-5-7-16(19(14)24)20(25)21-15-10-12-22(13-11-15)17-8-3-4-9-18(17)23/h5-7,15,17-18,23-24H,2-4,8-13H2,1H3,(H,21,25). The van der Waals surface area contributed by atoms with E-state index in [0.29, 0.717) is 12.0 Å². The molecular formula is C20H30N2O3. The van der Waals surface area contributed by atoms with Crippen molar-refractivity contribution in [3.05, 3.63) is 29.3 Å². The largest absolute Gasteiger partial charge is 0.507 e. The summed E-state index contributed by atoms with van der Waals surface area (Å²) in [5.41, 5.74) is 1.17. The van der Waals surface area contributed by atoms with Crippen LogP contribution < -0.4 is 5.32 Å². The number of hydrogen-bond acceptors (Lipinski definition) is 4. The highest BCUT2D eigenvalue weighted by atomic mass is 16.3. The highest BCUT2D eigenvalue weighted by Crippen LogP contribution is 2.27. The number of aliphatic hydroxyl groups excluding tert-OH is 1. The average Bonchev–Trinajstić information content (AvgIpc) is 2.63. The van der Waals surface area contributed by atoms with E-state index in [1.54, 1.807) is 6.07 Å². The van der Waals surface area contributed by atoms with Gasteiger partial charge in [0.2, 0.25) is 0 Å². The molecule has 2 atom stereocenters. The van der Waals surface area contributed by atoms with Crippen LogP contribution in [0.3, 0.4) is 0 Å². The zero-order chi connectivity index (χ0) is 17.8. The van der Waals surface area contributed by atoms with E-state index in [1.807, 2.05) is 19.1 Å². The number of phenolic OH excluding ortho intramolecular Hbond substituents is 1. The van der Waals surface area contributed by atoms with Gasteiger partial charge in [-0.25, -0.2) is 0 Å². The first-order valence-electron chi connectivity index (χ1n) is 9.64. The number of nitrogens with one attached hydrogen (secondary N) is 1. The Hall–Kier alpha value is -1.59. The first-order valence-corrected chi connectivity index (χ1v) is 9.64. The van der Waals surface area contributed by atoms with E-state index in [0.717, 1.165) is 50.8 Å². The van der Waals surface area contributed by atoms with Crippen LogP contribution in [0.15, 0.2) is 18.2 Å². The quantitative estimate of drug-likeness (QED) is 0.783. The molecular weight excluding hydrogens is 316 g/mol. The molecule has 0 aromatic heterocycles. The van der Waals surface area contributed by atoms with E-state index in [-0.39, 0.29) is 29.8 Å². The highest BCUT2D eigenvalue weighted by Gasteiger charge is 2.32. The fourth-order valence-corrected chi connectivity index (χ4v) is 4.22. The predicted molar refractivity (Wildman–Crippen MR) is 97.8 cm³/mol. The lowest BCUT2D eigenvalue weighted by Crippen LogP contribution is -2.52. The van der Waals surface area contributed by atoms with Crippen molar-refractivity contribution in [2.24, 2.45) is 0 Å². The van der Waals surface area contributed by atoms with Gasteiger partial charge in [0.05, 0.1) is 11.7 Å². The number of carbonyl (C=O) groups excluding carboxylic acids is 1. The monoisotopic (exact) mass is 346 g/mol. The van der Waals surface area contributed by atoms with Gasteiger partial charge in [-0.3, -0.25) is 9.69 Å². The predicted octanol–water partition coefficient (Wildman–Crippen LogP) is 2.45. The Labute approximate surface area is 150 Å². The maximum atomic E-state index is 12.5. The summed E-state index contributed by atoms with van der Waals surface area (Å²) in [6.07, 6.45) is 6.61. The van der Waals surface area contributed by atoms with Crippen LogP contribution in [0, 0.1) is 0 Å². The SMILES string of the molecule is CCc1cccc(C(=O)NC2CCN(C3CCCCC3O)CC2)c1O. The van der Waals surface area contributed by atoms with Gasteiger partial charge in [-0.05, 0) is 43.7 Å². The number of aryl methyl sites for hydroxylation is 1. The Morgan fingerprint density at radius 3 is 2.60 bits per heavy atom. The van der Waals surface area contributed by atoms with Crippen LogP contribution in [0.4, 0.5) is 0 Å². The van der Waals surface area contributed by atoms with Crippen molar-refractivity contribution in [2.45, 2.75) is 70.1 Å². The molecule has 5 nitrogen and oxygen atoms in total. The normalized spacial score (nSPS) is 25.7. The van der Waals surface area contributed by atoms with Gasteiger partial charge in [0.15, 0.2) is 0 Å². The molecule has 3 rings (SSSR count). The van der Waals surface area contributed by atoms with Gasteiger partial charge in [-0.2, -0.15) is 0 Å². The van der Waals surface area contributed by atoms with Gasteiger partial charge >= 0.3 is 0 Å². The number of nitrogens with zero attached hydrogens (tertiary/aromatic N) is 1. The summed E-state index contributed by atoms with van der Waals surface area (Å²) in [6, 6.07) is 5.77. The number of likely N-dealkylation sites (tertiary alicyclic amines) is 1. The van der Waals surface area contributed by atoms with Gasteiger partial charge in [-0.1, -0.05) is 31.9 Å². The molecule has 138 valence electrons. The number of amides is 1. The smallest absolute Gasteiger partial charge is 0.255 e. The van der Waals surface area contributed by atoms with Gasteiger partial charge in [0, 0.05) is 25.2 Å². The summed E-state index contributed by atoms with van der Waals surface area (Å²) in [5.74, 6) is -0.0887. The minimum absolute atomic E-state index is 0.102. The molecule has 25 heavy (non-hydrogen) atoms. The molecule has 1 amide bonds. The summed E-state index contributed by atoms with van der Waals surface area (Å²) >= 11 is 0. The number of aliphatic hydroxyl groups is 1. The number of rotatable bonds is 4. The molecule has 0 spiro atoms. The third-order valence-corrected chi connectivity index (χ3v) is 5.77. The minimum atomic E-state index is -0.200. The number of phenols is 1. The zero-order valence-electron chi connectivity index (χ0n) is 15.1. The fraction of sp³-hybridized carbons (Fsp3) is 0.650. The number of carbonyl (C=O) groups is 1. The molecule has 2 fully saturated rings. The first kappa shape index (κ1) is 18.2. The van der Waals surface area contributed by atoms with Gasteiger partial charge in [0.1, 0.15) is 5.75 Å². The summed E-state index contributed by atoms with van der Waals surface area (Å²) in [7, 11) is 0. The Bertz CT molecular complexity index is 597. The van der Waals surface area contributed by atoms with Crippen LogP contribution >= 0.6 is 0 Å². The maximum Gasteiger partial charge on any atom is 0.255 e. The Balaban J connectivity index is 1.54. The van der Waals surface area contributed by atoms with Gasteiger partial charge in [0.25, 0.3) is 5.91 Å². The number of piperidine rings is 1. The molecule has 2 unspecified atom stereocenters. The van der Waals surface area contributed by atoms with Crippen LogP contribution in [-0.4, -0.2) is 52.3 Å². The van der Waals surface area contributed by atoms with Crippen LogP contribution in [0.2, 0.25) is 0 Å². The summed E-state index contributed by atoms with van der Waals surface area (Å²) in [5, 5.41) is 23.5. The fourth-order valence-electron chi connectivity index (χ4n) is 4.22. The third-order valence-electron chi connectivity index (χ3n) is 5.77. The number of para-hydroxylation sites is 1. The van der Waals surface area contributed by atoms with Crippen molar-refractivity contribution < 1.29 is 15.0 Å². The lowest BCUT2D eigenvalue weighted by molar-refractivity contribution is 0.00727. The zero-order valence-corrected chi connectivity index (χ0v) is 15.1. The van der Waals surface area contributed by atoms with E-state index >= 15 is 0 Å². The number of benzene rings is 1. The topological polar surface area (TPSA) is 72.8 Å². The Kier molecular flexibility index (Phi) is 5.97.